The van der Waals surface area contributed by atoms with Gasteiger partial charge in [0, 0.05) is 25.2 Å². The van der Waals surface area contributed by atoms with Crippen LogP contribution in [0.25, 0.3) is 0 Å². The van der Waals surface area contributed by atoms with Crippen molar-refractivity contribution < 1.29 is 19.4 Å². The van der Waals surface area contributed by atoms with E-state index in [-0.39, 0.29) is 34.1 Å². The molecule has 1 aliphatic heterocycles. The number of rotatable bonds is 1. The average Bonchev–Trinajstić information content (AvgIpc) is 3.30. The molecule has 0 saturated heterocycles. The number of ether oxygens (including phenoxy) is 2. The van der Waals surface area contributed by atoms with Gasteiger partial charge in [0.05, 0.1) is 6.10 Å². The average molecular weight is 517 g/mol. The first kappa shape index (κ1) is 24.9. The van der Waals surface area contributed by atoms with E-state index in [9.17, 15) is 9.90 Å². The highest BCUT2D eigenvalue weighted by Crippen LogP contribution is 2.64. The number of carbonyl (C=O) groups is 1. The number of ketones is 1. The molecule has 38 heavy (non-hydrogen) atoms. The van der Waals surface area contributed by atoms with E-state index in [1.54, 1.807) is 5.57 Å². The third-order valence-electron chi connectivity index (χ3n) is 11.1. The summed E-state index contributed by atoms with van der Waals surface area (Å²) in [6, 6.07) is 6.65. The molecule has 0 radical (unpaired) electrons. The SMILES string of the molecule is CC1(C)CC(C)(C)CC2(C1)Oc1ccc(C3CC4(C)C(O)CCC4C4CCC5=CC(=O)CCC5=C34)cc1O2. The Hall–Kier alpha value is -2.07. The normalized spacial score (nSPS) is 37.9. The molecule has 4 nitrogen and oxygen atoms in total. The zero-order chi connectivity index (χ0) is 26.7. The summed E-state index contributed by atoms with van der Waals surface area (Å²) in [7, 11) is 0. The van der Waals surface area contributed by atoms with Gasteiger partial charge in [0.15, 0.2) is 17.3 Å². The van der Waals surface area contributed by atoms with Crippen LogP contribution in [0.2, 0.25) is 0 Å². The van der Waals surface area contributed by atoms with Crippen molar-refractivity contribution in [2.24, 2.45) is 28.1 Å². The summed E-state index contributed by atoms with van der Waals surface area (Å²) in [6.07, 6.45) is 11.2. The lowest BCUT2D eigenvalue weighted by Gasteiger charge is -2.52. The third-order valence-corrected chi connectivity index (χ3v) is 11.1. The van der Waals surface area contributed by atoms with E-state index in [0.717, 1.165) is 69.3 Å². The van der Waals surface area contributed by atoms with E-state index in [1.807, 2.05) is 6.08 Å². The molecule has 5 unspecified atom stereocenters. The van der Waals surface area contributed by atoms with Gasteiger partial charge < -0.3 is 14.6 Å². The summed E-state index contributed by atoms with van der Waals surface area (Å²) >= 11 is 0. The van der Waals surface area contributed by atoms with Crippen molar-refractivity contribution in [2.45, 2.75) is 117 Å². The van der Waals surface area contributed by atoms with Gasteiger partial charge >= 0.3 is 0 Å². The smallest absolute Gasteiger partial charge is 0.252 e. The van der Waals surface area contributed by atoms with Crippen molar-refractivity contribution >= 4 is 5.78 Å². The summed E-state index contributed by atoms with van der Waals surface area (Å²) < 4.78 is 13.4. The van der Waals surface area contributed by atoms with Crippen LogP contribution in [0, 0.1) is 28.1 Å². The standard InChI is InChI=1S/C34H44O4/c1-31(2)17-32(3,4)19-34(18-31)37-27-12-7-21(15-28(27)38-34)25-16-33(5)26(11-13-29(33)36)24-9-6-20-14-22(35)8-10-23(20)30(24)25/h7,12,14-15,24-26,29,36H,6,8-11,13,16-19H2,1-5H3. The van der Waals surface area contributed by atoms with Crippen molar-refractivity contribution in [3.05, 3.63) is 46.6 Å². The molecular weight excluding hydrogens is 472 g/mol. The molecule has 3 saturated carbocycles. The van der Waals surface area contributed by atoms with E-state index >= 15 is 0 Å². The Bertz CT molecular complexity index is 1250. The molecule has 0 aromatic heterocycles. The van der Waals surface area contributed by atoms with Crippen molar-refractivity contribution in [3.8, 4) is 11.5 Å². The second-order valence-electron chi connectivity index (χ2n) is 15.4. The summed E-state index contributed by atoms with van der Waals surface area (Å²) in [5.74, 6) is 2.69. The summed E-state index contributed by atoms with van der Waals surface area (Å²) in [5, 5.41) is 11.2. The number of aliphatic hydroxyl groups is 1. The van der Waals surface area contributed by atoms with Crippen molar-refractivity contribution in [1.82, 2.24) is 0 Å². The predicted molar refractivity (Wildman–Crippen MR) is 148 cm³/mol. The zero-order valence-corrected chi connectivity index (χ0v) is 23.9. The van der Waals surface area contributed by atoms with Crippen LogP contribution >= 0.6 is 0 Å². The van der Waals surface area contributed by atoms with Crippen LogP contribution in [0.5, 0.6) is 11.5 Å². The molecular formula is C34H44O4. The molecule has 1 spiro atoms. The highest BCUT2D eigenvalue weighted by atomic mass is 16.7. The largest absolute Gasteiger partial charge is 0.448 e. The van der Waals surface area contributed by atoms with E-state index in [4.69, 9.17) is 9.47 Å². The van der Waals surface area contributed by atoms with Gasteiger partial charge in [-0.05, 0) is 108 Å². The maximum absolute atomic E-state index is 12.3. The Kier molecular flexibility index (Phi) is 5.24. The maximum atomic E-state index is 12.3. The molecule has 7 rings (SSSR count). The first-order valence-electron chi connectivity index (χ1n) is 15.0. The molecule has 1 heterocycles. The second-order valence-corrected chi connectivity index (χ2v) is 15.4. The number of fused-ring (bicyclic) bond motifs is 5. The molecule has 1 aromatic rings. The summed E-state index contributed by atoms with van der Waals surface area (Å²) in [5.41, 5.74) is 5.83. The Morgan fingerprint density at radius 2 is 1.61 bits per heavy atom. The van der Waals surface area contributed by atoms with Crippen LogP contribution in [-0.2, 0) is 4.79 Å². The highest BCUT2D eigenvalue weighted by Gasteiger charge is 2.57. The summed E-state index contributed by atoms with van der Waals surface area (Å²) in [4.78, 5) is 12.3. The van der Waals surface area contributed by atoms with Gasteiger partial charge in [-0.1, -0.05) is 46.3 Å². The second kappa shape index (κ2) is 7.99. The van der Waals surface area contributed by atoms with E-state index < -0.39 is 5.79 Å². The third kappa shape index (κ3) is 3.76. The molecule has 1 aromatic carbocycles. The van der Waals surface area contributed by atoms with Crippen molar-refractivity contribution in [2.75, 3.05) is 0 Å². The number of carbonyl (C=O) groups excluding carboxylic acids is 1. The molecule has 4 heteroatoms. The van der Waals surface area contributed by atoms with E-state index in [2.05, 4.69) is 52.8 Å². The van der Waals surface area contributed by atoms with E-state index in [0.29, 0.717) is 18.3 Å². The van der Waals surface area contributed by atoms with Gasteiger partial charge in [-0.25, -0.2) is 0 Å². The lowest BCUT2D eigenvalue weighted by Crippen LogP contribution is -2.51. The van der Waals surface area contributed by atoms with E-state index in [1.165, 1.54) is 16.7 Å². The van der Waals surface area contributed by atoms with Crippen molar-refractivity contribution in [3.63, 3.8) is 0 Å². The van der Waals surface area contributed by atoms with Gasteiger partial charge in [-0.2, -0.15) is 0 Å². The molecule has 6 aliphatic rings. The number of benzene rings is 1. The van der Waals surface area contributed by atoms with Crippen LogP contribution in [0.15, 0.2) is 41.0 Å². The number of hydrogen-bond acceptors (Lipinski definition) is 4. The lowest BCUT2D eigenvalue weighted by atomic mass is 9.53. The molecule has 0 bridgehead atoms. The number of aliphatic hydroxyl groups excluding tert-OH is 1. The number of allylic oxidation sites excluding steroid dienone is 4. The molecule has 5 atom stereocenters. The van der Waals surface area contributed by atoms with Gasteiger partial charge in [0.2, 0.25) is 0 Å². The van der Waals surface area contributed by atoms with Crippen molar-refractivity contribution in [1.29, 1.82) is 0 Å². The molecule has 1 N–H and O–H groups in total. The van der Waals surface area contributed by atoms with Gasteiger partial charge in [0.1, 0.15) is 0 Å². The fraction of sp³-hybridized carbons (Fsp3) is 0.676. The Labute approximate surface area is 227 Å². The zero-order valence-electron chi connectivity index (χ0n) is 23.9. The Balaban J connectivity index is 1.29. The van der Waals surface area contributed by atoms with Crippen LogP contribution in [0.3, 0.4) is 0 Å². The van der Waals surface area contributed by atoms with Crippen LogP contribution in [0.4, 0.5) is 0 Å². The maximum Gasteiger partial charge on any atom is 0.252 e. The fourth-order valence-electron chi connectivity index (χ4n) is 10.3. The molecule has 204 valence electrons. The highest BCUT2D eigenvalue weighted by molar-refractivity contribution is 5.93. The number of hydrogen-bond donors (Lipinski definition) is 1. The molecule has 0 amide bonds. The van der Waals surface area contributed by atoms with Gasteiger partial charge in [-0.3, -0.25) is 4.79 Å². The van der Waals surface area contributed by atoms with Gasteiger partial charge in [-0.15, -0.1) is 0 Å². The van der Waals surface area contributed by atoms with Crippen LogP contribution < -0.4 is 9.47 Å². The summed E-state index contributed by atoms with van der Waals surface area (Å²) in [6.45, 7) is 11.7. The lowest BCUT2D eigenvalue weighted by molar-refractivity contribution is -0.165. The first-order chi connectivity index (χ1) is 17.9. The fourth-order valence-corrected chi connectivity index (χ4v) is 10.3. The van der Waals surface area contributed by atoms with Gasteiger partial charge in [0.25, 0.3) is 5.79 Å². The monoisotopic (exact) mass is 516 g/mol. The molecule has 5 aliphatic carbocycles. The minimum Gasteiger partial charge on any atom is -0.448 e. The predicted octanol–water partition coefficient (Wildman–Crippen LogP) is 7.65. The molecule has 3 fully saturated rings. The minimum absolute atomic E-state index is 0.0693. The topological polar surface area (TPSA) is 55.8 Å². The Morgan fingerprint density at radius 1 is 0.868 bits per heavy atom. The quantitative estimate of drug-likeness (QED) is 0.416. The minimum atomic E-state index is -0.591. The Morgan fingerprint density at radius 3 is 2.37 bits per heavy atom. The van der Waals surface area contributed by atoms with Crippen LogP contribution in [0.1, 0.15) is 110 Å². The van der Waals surface area contributed by atoms with Crippen LogP contribution in [-0.4, -0.2) is 22.8 Å². The first-order valence-corrected chi connectivity index (χ1v) is 15.0.